The first-order valence-electron chi connectivity index (χ1n) is 3.52. The number of hydrogen-bond acceptors (Lipinski definition) is 1. The van der Waals surface area contributed by atoms with Gasteiger partial charge in [0.15, 0.2) is 0 Å². The van der Waals surface area contributed by atoms with Gasteiger partial charge in [0.2, 0.25) is 0 Å². The topological polar surface area (TPSA) is 9.23 Å². The fourth-order valence-electron chi connectivity index (χ4n) is 1.52. The minimum Gasteiger partial charge on any atom is -0.377 e. The molecule has 1 saturated heterocycles. The van der Waals surface area contributed by atoms with Gasteiger partial charge in [-0.1, -0.05) is 22.6 Å². The summed E-state index contributed by atoms with van der Waals surface area (Å²) in [5, 5.41) is 0. The molecule has 0 N–H and O–H groups in total. The molecule has 2 heteroatoms. The lowest BCUT2D eigenvalue weighted by molar-refractivity contribution is 0.123. The van der Waals surface area contributed by atoms with E-state index in [4.69, 9.17) is 4.74 Å². The van der Waals surface area contributed by atoms with Crippen molar-refractivity contribution in [3.05, 3.63) is 0 Å². The summed E-state index contributed by atoms with van der Waals surface area (Å²) in [7, 11) is 0. The first-order valence-corrected chi connectivity index (χ1v) is 5.05. The van der Waals surface area contributed by atoms with Gasteiger partial charge in [-0.05, 0) is 24.7 Å². The number of rotatable bonds is 1. The third-order valence-electron chi connectivity index (χ3n) is 2.42. The van der Waals surface area contributed by atoms with Crippen molar-refractivity contribution < 1.29 is 4.74 Å². The summed E-state index contributed by atoms with van der Waals surface area (Å²) in [6, 6.07) is 0. The zero-order chi connectivity index (χ0) is 6.32. The molecule has 0 aromatic carbocycles. The standard InChI is InChI=1S/C7H11IO/c8-4-6-3-7(1-2-7)5-9-6/h6H,1-5H2/t6-/m0/s1. The first-order chi connectivity index (χ1) is 4.35. The Morgan fingerprint density at radius 1 is 1.56 bits per heavy atom. The lowest BCUT2D eigenvalue weighted by Gasteiger charge is -2.01. The van der Waals surface area contributed by atoms with Crippen molar-refractivity contribution in [2.75, 3.05) is 11.0 Å². The summed E-state index contributed by atoms with van der Waals surface area (Å²) < 4.78 is 6.75. The second-order valence-electron chi connectivity index (χ2n) is 3.29. The highest BCUT2D eigenvalue weighted by Gasteiger charge is 2.48. The molecule has 0 aromatic rings. The molecule has 2 fully saturated rings. The average molecular weight is 238 g/mol. The third kappa shape index (κ3) is 1.11. The van der Waals surface area contributed by atoms with Crippen LogP contribution in [0.3, 0.4) is 0 Å². The zero-order valence-corrected chi connectivity index (χ0v) is 7.56. The fourth-order valence-corrected chi connectivity index (χ4v) is 2.09. The lowest BCUT2D eigenvalue weighted by atomic mass is 10.0. The van der Waals surface area contributed by atoms with Gasteiger partial charge in [0.25, 0.3) is 0 Å². The van der Waals surface area contributed by atoms with E-state index in [1.165, 1.54) is 23.7 Å². The summed E-state index contributed by atoms with van der Waals surface area (Å²) in [5.74, 6) is 0. The van der Waals surface area contributed by atoms with E-state index in [1.807, 2.05) is 0 Å². The van der Waals surface area contributed by atoms with Crippen LogP contribution in [0.5, 0.6) is 0 Å². The van der Waals surface area contributed by atoms with Crippen molar-refractivity contribution in [3.8, 4) is 0 Å². The fraction of sp³-hybridized carbons (Fsp3) is 1.00. The van der Waals surface area contributed by atoms with Gasteiger partial charge in [-0.2, -0.15) is 0 Å². The van der Waals surface area contributed by atoms with Crippen LogP contribution in [0.1, 0.15) is 19.3 Å². The summed E-state index contributed by atoms with van der Waals surface area (Å²) in [6.45, 7) is 1.06. The average Bonchev–Trinajstić information content (AvgIpc) is 2.44. The van der Waals surface area contributed by atoms with Crippen LogP contribution in [0.15, 0.2) is 0 Å². The molecule has 0 aromatic heterocycles. The second kappa shape index (κ2) is 2.09. The highest BCUT2D eigenvalue weighted by atomic mass is 127. The zero-order valence-electron chi connectivity index (χ0n) is 5.40. The van der Waals surface area contributed by atoms with Gasteiger partial charge >= 0.3 is 0 Å². The molecule has 52 valence electrons. The molecule has 1 aliphatic carbocycles. The van der Waals surface area contributed by atoms with Crippen LogP contribution >= 0.6 is 22.6 Å². The van der Waals surface area contributed by atoms with Crippen LogP contribution in [0.2, 0.25) is 0 Å². The van der Waals surface area contributed by atoms with Crippen LogP contribution in [0, 0.1) is 5.41 Å². The molecule has 1 aliphatic heterocycles. The van der Waals surface area contributed by atoms with Gasteiger partial charge in [0.1, 0.15) is 0 Å². The molecule has 9 heavy (non-hydrogen) atoms. The van der Waals surface area contributed by atoms with Crippen molar-refractivity contribution in [3.63, 3.8) is 0 Å². The van der Waals surface area contributed by atoms with Crippen molar-refractivity contribution in [2.45, 2.75) is 25.4 Å². The van der Waals surface area contributed by atoms with E-state index in [9.17, 15) is 0 Å². The monoisotopic (exact) mass is 238 g/mol. The van der Waals surface area contributed by atoms with E-state index in [2.05, 4.69) is 22.6 Å². The Morgan fingerprint density at radius 3 is 2.67 bits per heavy atom. The highest BCUT2D eigenvalue weighted by Crippen LogP contribution is 2.53. The van der Waals surface area contributed by atoms with Gasteiger partial charge in [0.05, 0.1) is 12.7 Å². The van der Waals surface area contributed by atoms with Gasteiger partial charge in [0, 0.05) is 4.43 Å². The van der Waals surface area contributed by atoms with Gasteiger partial charge in [-0.15, -0.1) is 0 Å². The Labute approximate surface area is 69.3 Å². The highest BCUT2D eigenvalue weighted by molar-refractivity contribution is 14.1. The molecule has 2 rings (SSSR count). The molecular weight excluding hydrogens is 227 g/mol. The Bertz CT molecular complexity index is 120. The van der Waals surface area contributed by atoms with E-state index in [-0.39, 0.29) is 0 Å². The number of ether oxygens (including phenoxy) is 1. The largest absolute Gasteiger partial charge is 0.377 e. The van der Waals surface area contributed by atoms with Crippen molar-refractivity contribution in [2.24, 2.45) is 5.41 Å². The van der Waals surface area contributed by atoms with Gasteiger partial charge < -0.3 is 4.74 Å². The normalized spacial score (nSPS) is 37.7. The molecule has 1 saturated carbocycles. The third-order valence-corrected chi connectivity index (χ3v) is 3.40. The van der Waals surface area contributed by atoms with Gasteiger partial charge in [-0.3, -0.25) is 0 Å². The Morgan fingerprint density at radius 2 is 2.33 bits per heavy atom. The van der Waals surface area contributed by atoms with E-state index in [0.717, 1.165) is 6.61 Å². The van der Waals surface area contributed by atoms with E-state index < -0.39 is 0 Å². The molecule has 0 bridgehead atoms. The molecule has 1 heterocycles. The minimum atomic E-state index is 0.591. The molecule has 1 atom stereocenters. The van der Waals surface area contributed by atoms with Crippen molar-refractivity contribution >= 4 is 22.6 Å². The molecule has 0 radical (unpaired) electrons. The van der Waals surface area contributed by atoms with E-state index in [0.29, 0.717) is 11.5 Å². The van der Waals surface area contributed by atoms with Crippen LogP contribution in [0.4, 0.5) is 0 Å². The Hall–Kier alpha value is 0.690. The first kappa shape index (κ1) is 6.40. The van der Waals surface area contributed by atoms with E-state index in [1.54, 1.807) is 0 Å². The summed E-state index contributed by atoms with van der Waals surface area (Å²) in [4.78, 5) is 0. The van der Waals surface area contributed by atoms with Crippen LogP contribution in [-0.4, -0.2) is 17.1 Å². The molecule has 1 spiro atoms. The maximum atomic E-state index is 5.57. The van der Waals surface area contributed by atoms with Crippen molar-refractivity contribution in [1.82, 2.24) is 0 Å². The number of alkyl halides is 1. The maximum absolute atomic E-state index is 5.57. The summed E-state index contributed by atoms with van der Waals surface area (Å²) >= 11 is 2.41. The lowest BCUT2D eigenvalue weighted by Crippen LogP contribution is -2.05. The molecule has 0 unspecified atom stereocenters. The molecule has 1 nitrogen and oxygen atoms in total. The van der Waals surface area contributed by atoms with Gasteiger partial charge in [-0.25, -0.2) is 0 Å². The molecular formula is C7H11IO. The van der Waals surface area contributed by atoms with E-state index >= 15 is 0 Å². The molecule has 0 amide bonds. The smallest absolute Gasteiger partial charge is 0.0670 e. The minimum absolute atomic E-state index is 0.591. The summed E-state index contributed by atoms with van der Waals surface area (Å²) in [5.41, 5.74) is 0.690. The SMILES string of the molecule is IC[C@@H]1CC2(CC2)CO1. The van der Waals surface area contributed by atoms with Crippen molar-refractivity contribution in [1.29, 1.82) is 0 Å². The summed E-state index contributed by atoms with van der Waals surface area (Å²) in [6.07, 6.45) is 4.80. The quantitative estimate of drug-likeness (QED) is 0.501. The number of hydrogen-bond donors (Lipinski definition) is 0. The molecule has 2 aliphatic rings. The maximum Gasteiger partial charge on any atom is 0.0670 e. The predicted octanol–water partition coefficient (Wildman–Crippen LogP) is 1.99. The Kier molecular flexibility index (Phi) is 1.49. The van der Waals surface area contributed by atoms with Crippen LogP contribution < -0.4 is 0 Å². The number of halogens is 1. The van der Waals surface area contributed by atoms with Crippen LogP contribution in [0.25, 0.3) is 0 Å². The van der Waals surface area contributed by atoms with Crippen LogP contribution in [-0.2, 0) is 4.74 Å². The predicted molar refractivity (Wildman–Crippen MR) is 44.9 cm³/mol. The second-order valence-corrected chi connectivity index (χ2v) is 4.17. The Balaban J connectivity index is 1.93.